The largest absolute Gasteiger partial charge is 0.344 e. The van der Waals surface area contributed by atoms with Gasteiger partial charge in [0.1, 0.15) is 0 Å². The Hall–Kier alpha value is -1.12. The quantitative estimate of drug-likeness (QED) is 0.744. The Bertz CT molecular complexity index is 450. The molecule has 3 atom stereocenters. The van der Waals surface area contributed by atoms with E-state index in [1.54, 1.807) is 0 Å². The predicted molar refractivity (Wildman–Crippen MR) is 75.7 cm³/mol. The van der Waals surface area contributed by atoms with Gasteiger partial charge in [-0.15, -0.1) is 0 Å². The molecule has 1 aromatic carbocycles. The Morgan fingerprint density at radius 3 is 2.63 bits per heavy atom. The van der Waals surface area contributed by atoms with E-state index >= 15 is 0 Å². The molecule has 2 heteroatoms. The van der Waals surface area contributed by atoms with Crippen LogP contribution in [0.25, 0.3) is 0 Å². The second kappa shape index (κ2) is 5.48. The van der Waals surface area contributed by atoms with Crippen LogP contribution in [0.3, 0.4) is 0 Å². The van der Waals surface area contributed by atoms with Crippen LogP contribution in [0.1, 0.15) is 38.5 Å². The first kappa shape index (κ1) is 12.9. The van der Waals surface area contributed by atoms with E-state index in [1.165, 1.54) is 12.0 Å². The highest BCUT2D eigenvalue weighted by Gasteiger charge is 2.32. The number of benzene rings is 1. The number of fused-ring (bicyclic) bond motifs is 1. The third-order valence-corrected chi connectivity index (χ3v) is 4.22. The number of rotatable bonds is 2. The van der Waals surface area contributed by atoms with E-state index in [0.717, 1.165) is 12.0 Å². The summed E-state index contributed by atoms with van der Waals surface area (Å²) in [6.45, 7) is 5.30. The van der Waals surface area contributed by atoms with Gasteiger partial charge >= 0.3 is 0 Å². The van der Waals surface area contributed by atoms with Crippen LogP contribution in [0.15, 0.2) is 42.0 Å². The number of hydrogen-bond donors (Lipinski definition) is 0. The lowest BCUT2D eigenvalue weighted by Crippen LogP contribution is -2.33. The average molecular weight is 258 g/mol. The van der Waals surface area contributed by atoms with E-state index in [9.17, 15) is 0 Å². The van der Waals surface area contributed by atoms with Gasteiger partial charge in [0.2, 0.25) is 0 Å². The van der Waals surface area contributed by atoms with Gasteiger partial charge in [-0.05, 0) is 30.3 Å². The summed E-state index contributed by atoms with van der Waals surface area (Å²) < 4.78 is 12.0. The number of allylic oxidation sites excluding steroid dienone is 1. The Balaban J connectivity index is 1.72. The minimum Gasteiger partial charge on any atom is -0.344 e. The van der Waals surface area contributed by atoms with Gasteiger partial charge in [0.15, 0.2) is 6.29 Å². The van der Waals surface area contributed by atoms with Crippen LogP contribution in [0.2, 0.25) is 0 Å². The topological polar surface area (TPSA) is 18.5 Å². The maximum Gasteiger partial charge on any atom is 0.184 e. The molecule has 19 heavy (non-hydrogen) atoms. The highest BCUT2D eigenvalue weighted by molar-refractivity contribution is 5.20. The van der Waals surface area contributed by atoms with Crippen molar-refractivity contribution in [1.82, 2.24) is 0 Å². The van der Waals surface area contributed by atoms with Crippen molar-refractivity contribution < 1.29 is 9.47 Å². The van der Waals surface area contributed by atoms with Crippen molar-refractivity contribution in [3.63, 3.8) is 0 Å². The van der Waals surface area contributed by atoms with Crippen LogP contribution in [-0.4, -0.2) is 12.7 Å². The van der Waals surface area contributed by atoms with Crippen LogP contribution in [0, 0.1) is 11.8 Å². The van der Waals surface area contributed by atoms with E-state index < -0.39 is 0 Å². The van der Waals surface area contributed by atoms with Crippen molar-refractivity contribution in [3.8, 4) is 0 Å². The van der Waals surface area contributed by atoms with Crippen molar-refractivity contribution in [2.75, 3.05) is 6.61 Å². The zero-order valence-corrected chi connectivity index (χ0v) is 11.7. The van der Waals surface area contributed by atoms with Gasteiger partial charge in [-0.25, -0.2) is 0 Å². The molecule has 2 nitrogen and oxygen atoms in total. The fourth-order valence-electron chi connectivity index (χ4n) is 2.96. The molecule has 1 aliphatic carbocycles. The summed E-state index contributed by atoms with van der Waals surface area (Å²) in [4.78, 5) is 0. The molecule has 0 radical (unpaired) electrons. The predicted octanol–water partition coefficient (Wildman–Crippen LogP) is 4.09. The van der Waals surface area contributed by atoms with Gasteiger partial charge in [0, 0.05) is 5.56 Å². The summed E-state index contributed by atoms with van der Waals surface area (Å²) >= 11 is 0. The van der Waals surface area contributed by atoms with E-state index in [-0.39, 0.29) is 12.4 Å². The minimum atomic E-state index is -0.195. The zero-order valence-electron chi connectivity index (χ0n) is 11.7. The molecule has 1 fully saturated rings. The maximum atomic E-state index is 6.11. The van der Waals surface area contributed by atoms with Crippen LogP contribution in [-0.2, 0) is 9.47 Å². The fraction of sp³-hybridized carbons (Fsp3) is 0.529. The Labute approximate surface area is 115 Å². The van der Waals surface area contributed by atoms with Gasteiger partial charge in [0.25, 0.3) is 0 Å². The summed E-state index contributed by atoms with van der Waals surface area (Å²) in [6.07, 6.45) is 4.81. The molecule has 0 bridgehead atoms. The first-order valence-corrected chi connectivity index (χ1v) is 7.26. The summed E-state index contributed by atoms with van der Waals surface area (Å²) in [5, 5.41) is 0. The Kier molecular flexibility index (Phi) is 3.72. The smallest absolute Gasteiger partial charge is 0.184 e. The van der Waals surface area contributed by atoms with E-state index in [4.69, 9.17) is 9.47 Å². The molecule has 0 saturated carbocycles. The molecule has 0 amide bonds. The molecule has 2 aliphatic rings. The summed E-state index contributed by atoms with van der Waals surface area (Å²) in [7, 11) is 0. The molecular weight excluding hydrogens is 236 g/mol. The standard InChI is InChI=1S/C17H22O2/c1-12(2)14-8-9-16-15(10-14)11-18-17(19-16)13-6-4-3-5-7-13/h3-7,10,12,14,16-17H,8-9,11H2,1-2H3/t14-,16-,17?/m0/s1. The van der Waals surface area contributed by atoms with Crippen molar-refractivity contribution in [3.05, 3.63) is 47.5 Å². The second-order valence-corrected chi connectivity index (χ2v) is 5.91. The lowest BCUT2D eigenvalue weighted by atomic mass is 9.82. The summed E-state index contributed by atoms with van der Waals surface area (Å²) in [5.74, 6) is 1.40. The van der Waals surface area contributed by atoms with Crippen molar-refractivity contribution in [1.29, 1.82) is 0 Å². The summed E-state index contributed by atoms with van der Waals surface area (Å²) in [5.41, 5.74) is 2.46. The molecule has 1 unspecified atom stereocenters. The molecule has 1 aromatic rings. The van der Waals surface area contributed by atoms with Gasteiger partial charge in [-0.2, -0.15) is 0 Å². The molecule has 0 aromatic heterocycles. The molecule has 3 rings (SSSR count). The first-order valence-electron chi connectivity index (χ1n) is 7.26. The molecule has 1 aliphatic heterocycles. The van der Waals surface area contributed by atoms with Crippen LogP contribution in [0.4, 0.5) is 0 Å². The van der Waals surface area contributed by atoms with Gasteiger partial charge < -0.3 is 9.47 Å². The molecule has 0 spiro atoms. The molecule has 0 N–H and O–H groups in total. The van der Waals surface area contributed by atoms with Gasteiger partial charge in [-0.1, -0.05) is 50.3 Å². The van der Waals surface area contributed by atoms with Gasteiger partial charge in [0.05, 0.1) is 12.7 Å². The van der Waals surface area contributed by atoms with Crippen molar-refractivity contribution >= 4 is 0 Å². The zero-order chi connectivity index (χ0) is 13.2. The summed E-state index contributed by atoms with van der Waals surface area (Å²) in [6, 6.07) is 10.2. The van der Waals surface area contributed by atoms with Gasteiger partial charge in [-0.3, -0.25) is 0 Å². The molecular formula is C17H22O2. The number of ether oxygens (including phenoxy) is 2. The van der Waals surface area contributed by atoms with Crippen molar-refractivity contribution in [2.24, 2.45) is 11.8 Å². The first-order chi connectivity index (χ1) is 9.24. The number of hydrogen-bond acceptors (Lipinski definition) is 2. The average Bonchev–Trinajstić information content (AvgIpc) is 2.47. The molecule has 102 valence electrons. The molecule has 1 saturated heterocycles. The van der Waals surface area contributed by atoms with Crippen LogP contribution in [0.5, 0.6) is 0 Å². The van der Waals surface area contributed by atoms with Crippen molar-refractivity contribution in [2.45, 2.75) is 39.1 Å². The Morgan fingerprint density at radius 2 is 1.89 bits per heavy atom. The van der Waals surface area contributed by atoms with E-state index in [1.807, 2.05) is 18.2 Å². The third-order valence-electron chi connectivity index (χ3n) is 4.22. The maximum absolute atomic E-state index is 6.11. The second-order valence-electron chi connectivity index (χ2n) is 5.91. The Morgan fingerprint density at radius 1 is 1.11 bits per heavy atom. The minimum absolute atomic E-state index is 0.195. The normalized spacial score (nSPS) is 30.9. The highest BCUT2D eigenvalue weighted by Crippen LogP contribution is 2.37. The fourth-order valence-corrected chi connectivity index (χ4v) is 2.96. The monoisotopic (exact) mass is 258 g/mol. The third kappa shape index (κ3) is 2.75. The SMILES string of the molecule is CC(C)[C@@H]1C=C2COC(c3ccccc3)O[C@H]2CC1. The van der Waals surface area contributed by atoms with E-state index in [0.29, 0.717) is 18.4 Å². The molecule has 1 heterocycles. The highest BCUT2D eigenvalue weighted by atomic mass is 16.7. The van der Waals surface area contributed by atoms with Crippen LogP contribution < -0.4 is 0 Å². The lowest BCUT2D eigenvalue weighted by molar-refractivity contribution is -0.196. The van der Waals surface area contributed by atoms with E-state index in [2.05, 4.69) is 32.1 Å². The van der Waals surface area contributed by atoms with Crippen LogP contribution >= 0.6 is 0 Å². The lowest BCUT2D eigenvalue weighted by Gasteiger charge is -2.37.